The van der Waals surface area contributed by atoms with Crippen molar-refractivity contribution in [3.63, 3.8) is 0 Å². The van der Waals surface area contributed by atoms with E-state index in [0.717, 1.165) is 49.8 Å². The van der Waals surface area contributed by atoms with Gasteiger partial charge in [0.2, 0.25) is 5.91 Å². The number of amides is 1. The Morgan fingerprint density at radius 3 is 2.52 bits per heavy atom. The normalized spacial score (nSPS) is 15.5. The lowest BCUT2D eigenvalue weighted by Crippen LogP contribution is -3.06. The maximum Gasteiger partial charge on any atom is 0.227 e. The summed E-state index contributed by atoms with van der Waals surface area (Å²) in [6, 6.07) is 9.63. The monoisotopic (exact) mass is 335 g/mol. The number of likely N-dealkylation sites (tertiary alicyclic amines) is 1. The number of carbonyl (C=O) groups excluding carboxylic acids is 1. The third-order valence-corrected chi connectivity index (χ3v) is 4.50. The molecule has 1 aromatic rings. The molecule has 1 aromatic carbocycles. The van der Waals surface area contributed by atoms with E-state index in [1.807, 2.05) is 30.3 Å². The highest BCUT2D eigenvalue weighted by molar-refractivity contribution is 7.80. The van der Waals surface area contributed by atoms with E-state index in [1.165, 1.54) is 4.90 Å². The van der Waals surface area contributed by atoms with E-state index in [9.17, 15) is 4.79 Å². The largest absolute Gasteiger partial charge is 0.357 e. The van der Waals surface area contributed by atoms with Crippen LogP contribution in [-0.4, -0.2) is 56.2 Å². The minimum absolute atomic E-state index is 0.0699. The first-order chi connectivity index (χ1) is 11.1. The van der Waals surface area contributed by atoms with E-state index in [0.29, 0.717) is 0 Å². The molecule has 0 atom stereocenters. The molecule has 1 aliphatic heterocycles. The van der Waals surface area contributed by atoms with Crippen molar-refractivity contribution in [3.8, 4) is 0 Å². The summed E-state index contributed by atoms with van der Waals surface area (Å²) in [6.45, 7) is 3.60. The zero-order chi connectivity index (χ0) is 16.7. The van der Waals surface area contributed by atoms with Crippen molar-refractivity contribution < 1.29 is 9.69 Å². The number of quaternary nitrogens is 1. The summed E-state index contributed by atoms with van der Waals surface area (Å²) in [4.78, 5) is 15.9. The first-order valence-corrected chi connectivity index (χ1v) is 8.65. The Morgan fingerprint density at radius 2 is 1.91 bits per heavy atom. The highest BCUT2D eigenvalue weighted by atomic mass is 32.1. The number of nitrogens with one attached hydrogen (secondary N) is 3. The lowest BCUT2D eigenvalue weighted by Gasteiger charge is -2.33. The third kappa shape index (κ3) is 5.80. The molecule has 0 radical (unpaired) electrons. The number of anilines is 1. The lowest BCUT2D eigenvalue weighted by atomic mass is 9.96. The van der Waals surface area contributed by atoms with E-state index < -0.39 is 0 Å². The first kappa shape index (κ1) is 17.7. The van der Waals surface area contributed by atoms with E-state index in [1.54, 1.807) is 0 Å². The van der Waals surface area contributed by atoms with E-state index in [4.69, 9.17) is 12.2 Å². The molecule has 5 nitrogen and oxygen atoms in total. The molecule has 0 aromatic heterocycles. The maximum absolute atomic E-state index is 12.3. The molecular formula is C17H27N4OS+. The number of hydrogen-bond acceptors (Lipinski definition) is 2. The molecule has 1 saturated heterocycles. The predicted octanol–water partition coefficient (Wildman–Crippen LogP) is 0.356. The topological polar surface area (TPSA) is 48.8 Å². The van der Waals surface area contributed by atoms with Gasteiger partial charge in [0.25, 0.3) is 0 Å². The van der Waals surface area contributed by atoms with E-state index >= 15 is 0 Å². The molecule has 23 heavy (non-hydrogen) atoms. The number of rotatable bonds is 5. The van der Waals surface area contributed by atoms with Crippen molar-refractivity contribution in [2.45, 2.75) is 12.8 Å². The van der Waals surface area contributed by atoms with Crippen LogP contribution in [0.4, 0.5) is 5.69 Å². The number of piperidine rings is 1. The molecule has 0 unspecified atom stereocenters. The van der Waals surface area contributed by atoms with Crippen molar-refractivity contribution in [2.24, 2.45) is 5.92 Å². The summed E-state index contributed by atoms with van der Waals surface area (Å²) in [7, 11) is 4.25. The van der Waals surface area contributed by atoms with Gasteiger partial charge in [0.15, 0.2) is 5.11 Å². The fourth-order valence-corrected chi connectivity index (χ4v) is 2.93. The summed E-state index contributed by atoms with van der Waals surface area (Å²) in [5.41, 5.74) is 0.864. The molecule has 1 amide bonds. The number of likely N-dealkylation sites (N-methyl/N-ethyl adjacent to an activating group) is 1. The Bertz CT molecular complexity index is 513. The van der Waals surface area contributed by atoms with Crippen LogP contribution in [0.15, 0.2) is 30.3 Å². The van der Waals surface area contributed by atoms with E-state index in [2.05, 4.69) is 29.6 Å². The van der Waals surface area contributed by atoms with Crippen molar-refractivity contribution >= 4 is 28.9 Å². The first-order valence-electron chi connectivity index (χ1n) is 8.24. The van der Waals surface area contributed by atoms with Gasteiger partial charge in [-0.3, -0.25) is 4.79 Å². The standard InChI is InChI=1S/C17H26N4OS/c1-20(2)13-10-18-17(23)21-11-8-14(9-12-21)16(22)19-15-6-4-3-5-7-15/h3-7,14H,8-13H2,1-2H3,(H,18,23)(H,19,22)/p+1. The van der Waals surface area contributed by atoms with Gasteiger partial charge in [-0.2, -0.15) is 0 Å². The second kappa shape index (κ2) is 8.84. The molecule has 0 bridgehead atoms. The Balaban J connectivity index is 1.73. The number of nitrogens with zero attached hydrogens (tertiary/aromatic N) is 1. The number of carbonyl (C=O) groups is 1. The van der Waals surface area contributed by atoms with Crippen molar-refractivity contribution in [3.05, 3.63) is 30.3 Å². The average Bonchev–Trinajstić information content (AvgIpc) is 2.55. The van der Waals surface area contributed by atoms with Crippen LogP contribution in [0, 0.1) is 5.92 Å². The van der Waals surface area contributed by atoms with Crippen LogP contribution in [0.3, 0.4) is 0 Å². The van der Waals surface area contributed by atoms with Crippen LogP contribution in [0.1, 0.15) is 12.8 Å². The summed E-state index contributed by atoms with van der Waals surface area (Å²) < 4.78 is 0. The van der Waals surface area contributed by atoms with Crippen molar-refractivity contribution in [2.75, 3.05) is 45.6 Å². The molecule has 3 N–H and O–H groups in total. The SMILES string of the molecule is C[NH+](C)CCNC(=S)N1CCC(C(=O)Nc2ccccc2)CC1. The van der Waals surface area contributed by atoms with E-state index in [-0.39, 0.29) is 11.8 Å². The van der Waals surface area contributed by atoms with Gasteiger partial charge in [-0.15, -0.1) is 0 Å². The van der Waals surface area contributed by atoms with Gasteiger partial charge in [0.1, 0.15) is 0 Å². The number of benzene rings is 1. The highest BCUT2D eigenvalue weighted by Gasteiger charge is 2.26. The Hall–Kier alpha value is -1.66. The fourth-order valence-electron chi connectivity index (χ4n) is 2.64. The number of para-hydroxylation sites is 1. The second-order valence-electron chi connectivity index (χ2n) is 6.31. The Morgan fingerprint density at radius 1 is 1.26 bits per heavy atom. The second-order valence-corrected chi connectivity index (χ2v) is 6.69. The van der Waals surface area contributed by atoms with Crippen molar-refractivity contribution in [1.82, 2.24) is 10.2 Å². The third-order valence-electron chi connectivity index (χ3n) is 4.10. The number of thiocarbonyl (C=S) groups is 1. The van der Waals surface area contributed by atoms with Gasteiger partial charge in [0, 0.05) is 24.7 Å². The van der Waals surface area contributed by atoms with Gasteiger partial charge in [0.05, 0.1) is 27.2 Å². The number of hydrogen-bond donors (Lipinski definition) is 3. The Kier molecular flexibility index (Phi) is 6.80. The van der Waals surface area contributed by atoms with Crippen LogP contribution in [0.25, 0.3) is 0 Å². The van der Waals surface area contributed by atoms with Gasteiger partial charge in [-0.25, -0.2) is 0 Å². The molecule has 1 fully saturated rings. The minimum atomic E-state index is 0.0699. The smallest absolute Gasteiger partial charge is 0.227 e. The quantitative estimate of drug-likeness (QED) is 0.680. The lowest BCUT2D eigenvalue weighted by molar-refractivity contribution is -0.856. The summed E-state index contributed by atoms with van der Waals surface area (Å²) >= 11 is 5.44. The molecule has 1 heterocycles. The molecule has 0 aliphatic carbocycles. The highest BCUT2D eigenvalue weighted by Crippen LogP contribution is 2.19. The zero-order valence-corrected chi connectivity index (χ0v) is 14.8. The van der Waals surface area contributed by atoms with Crippen LogP contribution in [0.5, 0.6) is 0 Å². The molecule has 1 aliphatic rings. The summed E-state index contributed by atoms with van der Waals surface area (Å²) in [5, 5.41) is 7.11. The predicted molar refractivity (Wildman–Crippen MR) is 97.6 cm³/mol. The van der Waals surface area contributed by atoms with Crippen LogP contribution in [-0.2, 0) is 4.79 Å². The molecule has 0 saturated carbocycles. The molecule has 126 valence electrons. The minimum Gasteiger partial charge on any atom is -0.357 e. The summed E-state index contributed by atoms with van der Waals surface area (Å²) in [6.07, 6.45) is 1.69. The zero-order valence-electron chi connectivity index (χ0n) is 14.0. The van der Waals surface area contributed by atoms with Gasteiger partial charge < -0.3 is 20.4 Å². The average molecular weight is 335 g/mol. The molecule has 2 rings (SSSR count). The molecule has 6 heteroatoms. The van der Waals surface area contributed by atoms with Crippen LogP contribution in [0.2, 0.25) is 0 Å². The molecule has 0 spiro atoms. The van der Waals surface area contributed by atoms with Gasteiger partial charge in [-0.05, 0) is 37.2 Å². The molecular weight excluding hydrogens is 308 g/mol. The van der Waals surface area contributed by atoms with Crippen LogP contribution >= 0.6 is 12.2 Å². The fraction of sp³-hybridized carbons (Fsp3) is 0.529. The summed E-state index contributed by atoms with van der Waals surface area (Å²) in [5.74, 6) is 0.186. The Labute approximate surface area is 144 Å². The van der Waals surface area contributed by atoms with Gasteiger partial charge >= 0.3 is 0 Å². The maximum atomic E-state index is 12.3. The van der Waals surface area contributed by atoms with Crippen molar-refractivity contribution in [1.29, 1.82) is 0 Å². The van der Waals surface area contributed by atoms with Crippen LogP contribution < -0.4 is 15.5 Å². The van der Waals surface area contributed by atoms with Gasteiger partial charge in [-0.1, -0.05) is 18.2 Å².